The van der Waals surface area contributed by atoms with Crippen molar-refractivity contribution in [1.82, 2.24) is 14.6 Å². The Kier molecular flexibility index (Phi) is 3.40. The van der Waals surface area contributed by atoms with Crippen molar-refractivity contribution in [1.29, 1.82) is 0 Å². The highest BCUT2D eigenvalue weighted by atomic mass is 79.9. The van der Waals surface area contributed by atoms with Crippen molar-refractivity contribution >= 4 is 27.5 Å². The van der Waals surface area contributed by atoms with E-state index in [4.69, 9.17) is 5.73 Å². The number of nitrogens with zero attached hydrogens (tertiary/aromatic N) is 3. The number of hydrogen-bond acceptors (Lipinski definition) is 5. The number of pyridine rings is 1. The molecule has 0 bridgehead atoms. The summed E-state index contributed by atoms with van der Waals surface area (Å²) >= 11 is 4.65. The van der Waals surface area contributed by atoms with Crippen LogP contribution in [-0.4, -0.2) is 14.6 Å². The average Bonchev–Trinajstić information content (AvgIpc) is 2.74. The third-order valence-electron chi connectivity index (χ3n) is 1.97. The molecule has 78 valence electrons. The molecule has 0 fully saturated rings. The maximum atomic E-state index is 5.96. The van der Waals surface area contributed by atoms with Gasteiger partial charge in [0, 0.05) is 28.2 Å². The Labute approximate surface area is 99.8 Å². The van der Waals surface area contributed by atoms with Crippen molar-refractivity contribution in [3.8, 4) is 0 Å². The highest BCUT2D eigenvalue weighted by Gasteiger charge is 2.10. The number of rotatable bonds is 3. The summed E-state index contributed by atoms with van der Waals surface area (Å²) in [4.78, 5) is 4.26. The van der Waals surface area contributed by atoms with Gasteiger partial charge in [-0.2, -0.15) is 0 Å². The fourth-order valence-electron chi connectivity index (χ4n) is 1.19. The summed E-state index contributed by atoms with van der Waals surface area (Å²) in [5, 5.41) is 5.80. The molecule has 1 atom stereocenters. The molecule has 0 aromatic carbocycles. The topological polar surface area (TPSA) is 64.7 Å². The van der Waals surface area contributed by atoms with Gasteiger partial charge in [0.1, 0.15) is 0 Å². The molecule has 0 aliphatic rings. The van der Waals surface area contributed by atoms with Gasteiger partial charge >= 0.3 is 0 Å². The number of aromatic nitrogens is 3. The van der Waals surface area contributed by atoms with E-state index in [9.17, 15) is 0 Å². The summed E-state index contributed by atoms with van der Waals surface area (Å²) in [7, 11) is 0. The molecule has 1 unspecified atom stereocenters. The SMILES string of the molecule is NC(Cc1ccc(Br)cn1)c1csnn1. The molecule has 0 saturated heterocycles. The molecule has 0 spiro atoms. The highest BCUT2D eigenvalue weighted by molar-refractivity contribution is 9.10. The lowest BCUT2D eigenvalue weighted by atomic mass is 10.1. The van der Waals surface area contributed by atoms with Gasteiger partial charge in [-0.15, -0.1) is 5.10 Å². The minimum absolute atomic E-state index is 0.127. The van der Waals surface area contributed by atoms with Crippen LogP contribution in [0.15, 0.2) is 28.2 Å². The number of hydrogen-bond donors (Lipinski definition) is 1. The Morgan fingerprint density at radius 2 is 2.33 bits per heavy atom. The molecule has 0 aliphatic heterocycles. The van der Waals surface area contributed by atoms with Crippen LogP contribution in [0.2, 0.25) is 0 Å². The quantitative estimate of drug-likeness (QED) is 0.936. The molecular formula is C9H9BrN4S. The Morgan fingerprint density at radius 3 is 2.93 bits per heavy atom. The normalized spacial score (nSPS) is 12.7. The lowest BCUT2D eigenvalue weighted by Crippen LogP contribution is -2.14. The van der Waals surface area contributed by atoms with Gasteiger partial charge in [-0.3, -0.25) is 4.98 Å². The average molecular weight is 285 g/mol. The lowest BCUT2D eigenvalue weighted by Gasteiger charge is -2.06. The Hall–Kier alpha value is -0.850. The molecular weight excluding hydrogens is 276 g/mol. The Balaban J connectivity index is 2.06. The fraction of sp³-hybridized carbons (Fsp3) is 0.222. The largest absolute Gasteiger partial charge is 0.322 e. The van der Waals surface area contributed by atoms with E-state index in [-0.39, 0.29) is 6.04 Å². The van der Waals surface area contributed by atoms with E-state index >= 15 is 0 Å². The molecule has 2 rings (SSSR count). The van der Waals surface area contributed by atoms with Gasteiger partial charge in [-0.1, -0.05) is 4.49 Å². The third-order valence-corrected chi connectivity index (χ3v) is 2.97. The summed E-state index contributed by atoms with van der Waals surface area (Å²) in [5.41, 5.74) is 7.74. The van der Waals surface area contributed by atoms with Gasteiger partial charge in [-0.25, -0.2) is 0 Å². The fourth-order valence-corrected chi connectivity index (χ4v) is 1.94. The second kappa shape index (κ2) is 4.78. The zero-order valence-electron chi connectivity index (χ0n) is 7.80. The Bertz CT molecular complexity index is 414. The van der Waals surface area contributed by atoms with Crippen LogP contribution in [-0.2, 0) is 6.42 Å². The van der Waals surface area contributed by atoms with Gasteiger partial charge < -0.3 is 5.73 Å². The first kappa shape index (κ1) is 10.7. The van der Waals surface area contributed by atoms with Crippen LogP contribution in [0.1, 0.15) is 17.4 Å². The first-order chi connectivity index (χ1) is 7.25. The second-order valence-electron chi connectivity index (χ2n) is 3.11. The van der Waals surface area contributed by atoms with E-state index in [1.807, 2.05) is 17.5 Å². The molecule has 4 nitrogen and oxygen atoms in total. The van der Waals surface area contributed by atoms with E-state index < -0.39 is 0 Å². The molecule has 2 aromatic rings. The molecule has 2 heterocycles. The van der Waals surface area contributed by atoms with E-state index in [1.165, 1.54) is 11.5 Å². The molecule has 0 saturated carbocycles. The lowest BCUT2D eigenvalue weighted by molar-refractivity contribution is 0.679. The molecule has 15 heavy (non-hydrogen) atoms. The first-order valence-corrected chi connectivity index (χ1v) is 6.01. The highest BCUT2D eigenvalue weighted by Crippen LogP contribution is 2.15. The van der Waals surface area contributed by atoms with Crippen molar-refractivity contribution in [3.63, 3.8) is 0 Å². The van der Waals surface area contributed by atoms with E-state index in [1.54, 1.807) is 6.20 Å². The van der Waals surface area contributed by atoms with Crippen LogP contribution >= 0.6 is 27.5 Å². The van der Waals surface area contributed by atoms with E-state index in [0.717, 1.165) is 15.9 Å². The van der Waals surface area contributed by atoms with Gasteiger partial charge in [0.25, 0.3) is 0 Å². The van der Waals surface area contributed by atoms with Gasteiger partial charge in [0.15, 0.2) is 0 Å². The summed E-state index contributed by atoms with van der Waals surface area (Å²) in [5.74, 6) is 0. The third kappa shape index (κ3) is 2.80. The van der Waals surface area contributed by atoms with E-state index in [2.05, 4.69) is 30.5 Å². The van der Waals surface area contributed by atoms with Crippen molar-refractivity contribution in [3.05, 3.63) is 39.6 Å². The number of halogens is 1. The zero-order valence-corrected chi connectivity index (χ0v) is 10.2. The van der Waals surface area contributed by atoms with Crippen LogP contribution in [0.25, 0.3) is 0 Å². The molecule has 2 aromatic heterocycles. The summed E-state index contributed by atoms with van der Waals surface area (Å²) < 4.78 is 4.75. The number of nitrogens with two attached hydrogens (primary N) is 1. The maximum Gasteiger partial charge on any atom is 0.0926 e. The molecule has 2 N–H and O–H groups in total. The Morgan fingerprint density at radius 1 is 1.47 bits per heavy atom. The summed E-state index contributed by atoms with van der Waals surface area (Å²) in [6.45, 7) is 0. The van der Waals surface area contributed by atoms with Crippen molar-refractivity contribution in [2.45, 2.75) is 12.5 Å². The van der Waals surface area contributed by atoms with Crippen molar-refractivity contribution in [2.24, 2.45) is 5.73 Å². The minimum atomic E-state index is -0.127. The maximum absolute atomic E-state index is 5.96. The van der Waals surface area contributed by atoms with Crippen LogP contribution in [0, 0.1) is 0 Å². The van der Waals surface area contributed by atoms with Gasteiger partial charge in [-0.05, 0) is 39.6 Å². The van der Waals surface area contributed by atoms with Gasteiger partial charge in [0.05, 0.1) is 11.7 Å². The van der Waals surface area contributed by atoms with Crippen molar-refractivity contribution < 1.29 is 0 Å². The minimum Gasteiger partial charge on any atom is -0.322 e. The standard InChI is InChI=1S/C9H9BrN4S/c10-6-1-2-7(12-4-6)3-8(11)9-5-15-14-13-9/h1-2,4-5,8H,3,11H2. The van der Waals surface area contributed by atoms with Crippen LogP contribution < -0.4 is 5.73 Å². The molecule has 0 amide bonds. The van der Waals surface area contributed by atoms with Crippen molar-refractivity contribution in [2.75, 3.05) is 0 Å². The first-order valence-electron chi connectivity index (χ1n) is 4.38. The zero-order chi connectivity index (χ0) is 10.7. The summed E-state index contributed by atoms with van der Waals surface area (Å²) in [6, 6.07) is 3.77. The molecule has 0 aliphatic carbocycles. The van der Waals surface area contributed by atoms with E-state index in [0.29, 0.717) is 6.42 Å². The second-order valence-corrected chi connectivity index (χ2v) is 4.63. The van der Waals surface area contributed by atoms with Crippen LogP contribution in [0.5, 0.6) is 0 Å². The van der Waals surface area contributed by atoms with Gasteiger partial charge in [0.2, 0.25) is 0 Å². The molecule has 0 radical (unpaired) electrons. The van der Waals surface area contributed by atoms with Crippen LogP contribution in [0.4, 0.5) is 0 Å². The monoisotopic (exact) mass is 284 g/mol. The summed E-state index contributed by atoms with van der Waals surface area (Å²) in [6.07, 6.45) is 2.44. The predicted octanol–water partition coefficient (Wildman–Crippen LogP) is 1.94. The predicted molar refractivity (Wildman–Crippen MR) is 62.5 cm³/mol. The smallest absolute Gasteiger partial charge is 0.0926 e. The van der Waals surface area contributed by atoms with Crippen LogP contribution in [0.3, 0.4) is 0 Å². The molecule has 6 heteroatoms.